The molecule has 0 radical (unpaired) electrons. The summed E-state index contributed by atoms with van der Waals surface area (Å²) in [5.41, 5.74) is 3.70. The van der Waals surface area contributed by atoms with Crippen LogP contribution in [0.25, 0.3) is 22.1 Å². The molecule has 94 valence electrons. The summed E-state index contributed by atoms with van der Waals surface area (Å²) in [4.78, 5) is 10.6. The molecule has 19 heavy (non-hydrogen) atoms. The van der Waals surface area contributed by atoms with Crippen LogP contribution in [0.5, 0.6) is 0 Å². The number of para-hydroxylation sites is 1. The maximum absolute atomic E-state index is 10.6. The second kappa shape index (κ2) is 4.61. The van der Waals surface area contributed by atoms with E-state index in [1.165, 1.54) is 0 Å². The molecule has 3 rings (SSSR count). The summed E-state index contributed by atoms with van der Waals surface area (Å²) in [6.45, 7) is 0. The zero-order valence-corrected chi connectivity index (χ0v) is 10.2. The third kappa shape index (κ3) is 2.22. The second-order valence-electron chi connectivity index (χ2n) is 4.41. The van der Waals surface area contributed by atoms with Crippen molar-refractivity contribution in [3.63, 3.8) is 0 Å². The molecule has 1 heterocycles. The molecule has 0 bridgehead atoms. The summed E-state index contributed by atoms with van der Waals surface area (Å²) in [7, 11) is 0. The van der Waals surface area contributed by atoms with E-state index in [1.807, 2.05) is 48.5 Å². The molecule has 0 saturated carbocycles. The molecule has 0 aliphatic rings. The van der Waals surface area contributed by atoms with Crippen molar-refractivity contribution in [1.82, 2.24) is 0 Å². The highest BCUT2D eigenvalue weighted by Gasteiger charge is 2.07. The molecule has 2 aromatic carbocycles. The van der Waals surface area contributed by atoms with Gasteiger partial charge in [-0.15, -0.1) is 0 Å². The van der Waals surface area contributed by atoms with Crippen molar-refractivity contribution in [3.05, 3.63) is 60.4 Å². The first kappa shape index (κ1) is 11.5. The van der Waals surface area contributed by atoms with E-state index in [1.54, 1.807) is 6.26 Å². The maximum atomic E-state index is 10.6. The van der Waals surface area contributed by atoms with Crippen LogP contribution in [-0.4, -0.2) is 11.1 Å². The average Bonchev–Trinajstić information content (AvgIpc) is 2.83. The lowest BCUT2D eigenvalue weighted by Crippen LogP contribution is -1.99. The van der Waals surface area contributed by atoms with Gasteiger partial charge in [-0.25, -0.2) is 0 Å². The highest BCUT2D eigenvalue weighted by molar-refractivity contribution is 5.93. The van der Waals surface area contributed by atoms with Crippen molar-refractivity contribution in [2.24, 2.45) is 0 Å². The lowest BCUT2D eigenvalue weighted by atomic mass is 10.0. The topological polar surface area (TPSA) is 50.4 Å². The third-order valence-corrected chi connectivity index (χ3v) is 3.10. The molecule has 3 nitrogen and oxygen atoms in total. The van der Waals surface area contributed by atoms with Crippen LogP contribution >= 0.6 is 0 Å². The minimum atomic E-state index is -0.818. The van der Waals surface area contributed by atoms with Crippen LogP contribution in [0.3, 0.4) is 0 Å². The second-order valence-corrected chi connectivity index (χ2v) is 4.41. The molecule has 0 spiro atoms. The Morgan fingerprint density at radius 1 is 1.05 bits per heavy atom. The van der Waals surface area contributed by atoms with Gasteiger partial charge in [-0.1, -0.05) is 42.5 Å². The van der Waals surface area contributed by atoms with Crippen molar-refractivity contribution >= 4 is 16.9 Å². The quantitative estimate of drug-likeness (QED) is 0.772. The molecule has 0 saturated heterocycles. The average molecular weight is 252 g/mol. The summed E-state index contributed by atoms with van der Waals surface area (Å²) >= 11 is 0. The van der Waals surface area contributed by atoms with E-state index in [0.29, 0.717) is 0 Å². The Labute approximate surface area is 110 Å². The third-order valence-electron chi connectivity index (χ3n) is 3.10. The van der Waals surface area contributed by atoms with E-state index >= 15 is 0 Å². The number of benzene rings is 2. The minimum Gasteiger partial charge on any atom is -0.481 e. The summed E-state index contributed by atoms with van der Waals surface area (Å²) in [6.07, 6.45) is 1.78. The molecule has 3 aromatic rings. The molecule has 1 N–H and O–H groups in total. The first-order chi connectivity index (χ1) is 9.24. The van der Waals surface area contributed by atoms with Gasteiger partial charge in [-0.3, -0.25) is 4.79 Å². The summed E-state index contributed by atoms with van der Waals surface area (Å²) < 4.78 is 5.50. The lowest BCUT2D eigenvalue weighted by Gasteiger charge is -2.01. The van der Waals surface area contributed by atoms with Crippen LogP contribution in [0.2, 0.25) is 0 Å². The molecule has 1 aromatic heterocycles. The largest absolute Gasteiger partial charge is 0.481 e. The smallest absolute Gasteiger partial charge is 0.307 e. The Morgan fingerprint density at radius 2 is 1.79 bits per heavy atom. The monoisotopic (exact) mass is 252 g/mol. The standard InChI is InChI=1S/C16H12O3/c17-16(18)9-11-5-7-12(8-6-11)14-10-19-15-4-2-1-3-13(14)15/h1-8,10H,9H2,(H,17,18). The van der Waals surface area contributed by atoms with Crippen LogP contribution in [0.4, 0.5) is 0 Å². The van der Waals surface area contributed by atoms with Crippen LogP contribution in [0.15, 0.2) is 59.2 Å². The Hall–Kier alpha value is -2.55. The van der Waals surface area contributed by atoms with Gasteiger partial charge in [-0.2, -0.15) is 0 Å². The molecule has 0 amide bonds. The van der Waals surface area contributed by atoms with Gasteiger partial charge in [0.05, 0.1) is 12.7 Å². The van der Waals surface area contributed by atoms with Crippen molar-refractivity contribution in [3.8, 4) is 11.1 Å². The molecule has 3 heteroatoms. The zero-order valence-electron chi connectivity index (χ0n) is 10.2. The van der Waals surface area contributed by atoms with E-state index in [4.69, 9.17) is 9.52 Å². The predicted octanol–water partition coefficient (Wildman–Crippen LogP) is 3.73. The van der Waals surface area contributed by atoms with Gasteiger partial charge in [0.1, 0.15) is 5.58 Å². The molecular weight excluding hydrogens is 240 g/mol. The highest BCUT2D eigenvalue weighted by Crippen LogP contribution is 2.30. The molecular formula is C16H12O3. The van der Waals surface area contributed by atoms with Gasteiger partial charge >= 0.3 is 5.97 Å². The first-order valence-electron chi connectivity index (χ1n) is 6.01. The summed E-state index contributed by atoms with van der Waals surface area (Å²) in [5, 5.41) is 9.81. The summed E-state index contributed by atoms with van der Waals surface area (Å²) in [5.74, 6) is -0.818. The number of hydrogen-bond acceptors (Lipinski definition) is 2. The van der Waals surface area contributed by atoms with Gasteiger partial charge < -0.3 is 9.52 Å². The predicted molar refractivity (Wildman–Crippen MR) is 73.0 cm³/mol. The maximum Gasteiger partial charge on any atom is 0.307 e. The molecule has 0 aliphatic carbocycles. The van der Waals surface area contributed by atoms with Gasteiger partial charge in [-0.05, 0) is 17.2 Å². The molecule has 0 unspecified atom stereocenters. The SMILES string of the molecule is O=C(O)Cc1ccc(-c2coc3ccccc23)cc1. The van der Waals surface area contributed by atoms with E-state index in [9.17, 15) is 4.79 Å². The Bertz CT molecular complexity index is 723. The van der Waals surface area contributed by atoms with E-state index in [2.05, 4.69) is 0 Å². The van der Waals surface area contributed by atoms with Gasteiger partial charge in [0, 0.05) is 10.9 Å². The number of rotatable bonds is 3. The number of carboxylic acids is 1. The van der Waals surface area contributed by atoms with E-state index in [0.717, 1.165) is 27.7 Å². The fourth-order valence-corrected chi connectivity index (χ4v) is 2.18. The number of carbonyl (C=O) groups is 1. The van der Waals surface area contributed by atoms with Crippen LogP contribution in [0.1, 0.15) is 5.56 Å². The number of hydrogen-bond donors (Lipinski definition) is 1. The number of fused-ring (bicyclic) bond motifs is 1. The fraction of sp³-hybridized carbons (Fsp3) is 0.0625. The summed E-state index contributed by atoms with van der Waals surface area (Å²) in [6, 6.07) is 15.4. The minimum absolute atomic E-state index is 0.0480. The van der Waals surface area contributed by atoms with E-state index in [-0.39, 0.29) is 6.42 Å². The lowest BCUT2D eigenvalue weighted by molar-refractivity contribution is -0.136. The molecule has 0 aliphatic heterocycles. The molecule has 0 fully saturated rings. The zero-order chi connectivity index (χ0) is 13.2. The van der Waals surface area contributed by atoms with Crippen molar-refractivity contribution in [1.29, 1.82) is 0 Å². The number of aliphatic carboxylic acids is 1. The first-order valence-corrected chi connectivity index (χ1v) is 6.01. The fourth-order valence-electron chi connectivity index (χ4n) is 2.18. The van der Waals surface area contributed by atoms with Crippen molar-refractivity contribution < 1.29 is 14.3 Å². The number of carboxylic acid groups (broad SMARTS) is 1. The highest BCUT2D eigenvalue weighted by atomic mass is 16.4. The van der Waals surface area contributed by atoms with Crippen LogP contribution < -0.4 is 0 Å². The molecule has 0 atom stereocenters. The number of furan rings is 1. The van der Waals surface area contributed by atoms with Crippen LogP contribution in [-0.2, 0) is 11.2 Å². The Balaban J connectivity index is 2.00. The van der Waals surface area contributed by atoms with Gasteiger partial charge in [0.15, 0.2) is 0 Å². The Kier molecular flexibility index (Phi) is 2.80. The van der Waals surface area contributed by atoms with Crippen molar-refractivity contribution in [2.45, 2.75) is 6.42 Å². The van der Waals surface area contributed by atoms with Gasteiger partial charge in [0.2, 0.25) is 0 Å². The van der Waals surface area contributed by atoms with Crippen molar-refractivity contribution in [2.75, 3.05) is 0 Å². The van der Waals surface area contributed by atoms with E-state index < -0.39 is 5.97 Å². The normalized spacial score (nSPS) is 10.7. The van der Waals surface area contributed by atoms with Crippen LogP contribution in [0, 0.1) is 0 Å². The van der Waals surface area contributed by atoms with Gasteiger partial charge in [0.25, 0.3) is 0 Å². The Morgan fingerprint density at radius 3 is 2.53 bits per heavy atom.